The van der Waals surface area contributed by atoms with E-state index >= 15 is 0 Å². The first-order valence-corrected chi connectivity index (χ1v) is 11.6. The van der Waals surface area contributed by atoms with Crippen LogP contribution in [0, 0.1) is 0 Å². The van der Waals surface area contributed by atoms with Gasteiger partial charge in [0, 0.05) is 31.5 Å². The molecule has 4 N–H and O–H groups in total. The third-order valence-corrected chi connectivity index (χ3v) is 6.12. The molecule has 0 saturated carbocycles. The maximum atomic E-state index is 14.1. The van der Waals surface area contributed by atoms with E-state index < -0.39 is 17.7 Å². The van der Waals surface area contributed by atoms with Gasteiger partial charge in [0.05, 0.1) is 28.9 Å². The largest absolute Gasteiger partial charge is 0.387 e. The van der Waals surface area contributed by atoms with Gasteiger partial charge in [0.2, 0.25) is 0 Å². The highest BCUT2D eigenvalue weighted by Crippen LogP contribution is 2.25. The van der Waals surface area contributed by atoms with Crippen molar-refractivity contribution >= 4 is 44.9 Å². The molecule has 1 aliphatic rings. The van der Waals surface area contributed by atoms with Crippen LogP contribution in [0.15, 0.2) is 29.9 Å². The molecule has 4 heterocycles. The SMILES string of the molecule is CC(C)(O)C(F)CNC(=O)c1cnc(Nc2ccc3ncsc3n2)cc1NC1CCOCC1. The molecule has 4 rings (SSSR count). The average molecular weight is 475 g/mol. The number of alkyl halides is 1. The first kappa shape index (κ1) is 23.3. The van der Waals surface area contributed by atoms with Crippen LogP contribution < -0.4 is 16.0 Å². The monoisotopic (exact) mass is 474 g/mol. The van der Waals surface area contributed by atoms with Crippen LogP contribution >= 0.6 is 11.3 Å². The molecule has 1 aliphatic heterocycles. The van der Waals surface area contributed by atoms with E-state index in [2.05, 4.69) is 30.9 Å². The van der Waals surface area contributed by atoms with Crippen molar-refractivity contribution in [3.05, 3.63) is 35.5 Å². The summed E-state index contributed by atoms with van der Waals surface area (Å²) < 4.78 is 19.5. The molecule has 9 nitrogen and oxygen atoms in total. The zero-order valence-corrected chi connectivity index (χ0v) is 19.3. The van der Waals surface area contributed by atoms with Crippen LogP contribution in [0.2, 0.25) is 0 Å². The second-order valence-electron chi connectivity index (χ2n) is 8.48. The molecule has 1 fully saturated rings. The van der Waals surface area contributed by atoms with Gasteiger partial charge in [-0.3, -0.25) is 4.79 Å². The van der Waals surface area contributed by atoms with E-state index in [1.807, 2.05) is 12.1 Å². The smallest absolute Gasteiger partial charge is 0.255 e. The molecule has 0 bridgehead atoms. The third-order valence-electron chi connectivity index (χ3n) is 5.39. The molecule has 0 radical (unpaired) electrons. The number of hydrogen-bond donors (Lipinski definition) is 4. The highest BCUT2D eigenvalue weighted by Gasteiger charge is 2.27. The number of halogens is 1. The summed E-state index contributed by atoms with van der Waals surface area (Å²) in [6.07, 6.45) is 1.46. The molecule has 3 aromatic heterocycles. The second kappa shape index (κ2) is 9.94. The molecule has 1 saturated heterocycles. The molecule has 0 aliphatic carbocycles. The zero-order chi connectivity index (χ0) is 23.4. The number of fused-ring (bicyclic) bond motifs is 1. The van der Waals surface area contributed by atoms with Crippen LogP contribution in [0.4, 0.5) is 21.7 Å². The Morgan fingerprint density at radius 3 is 2.85 bits per heavy atom. The van der Waals surface area contributed by atoms with E-state index in [1.54, 1.807) is 11.6 Å². The van der Waals surface area contributed by atoms with Crippen molar-refractivity contribution in [2.45, 2.75) is 44.5 Å². The Bertz CT molecular complexity index is 1110. The number of carbonyl (C=O) groups excluding carboxylic acids is 1. The summed E-state index contributed by atoms with van der Waals surface area (Å²) in [6, 6.07) is 5.57. The van der Waals surface area contributed by atoms with E-state index in [0.29, 0.717) is 36.1 Å². The van der Waals surface area contributed by atoms with Crippen LogP contribution in [0.25, 0.3) is 10.3 Å². The van der Waals surface area contributed by atoms with E-state index in [1.165, 1.54) is 31.4 Å². The highest BCUT2D eigenvalue weighted by atomic mass is 32.1. The molecule has 176 valence electrons. The Labute approximate surface area is 194 Å². The summed E-state index contributed by atoms with van der Waals surface area (Å²) in [4.78, 5) is 26.7. The number of aliphatic hydroxyl groups is 1. The van der Waals surface area contributed by atoms with Gasteiger partial charge < -0.3 is 25.8 Å². The van der Waals surface area contributed by atoms with Crippen molar-refractivity contribution in [1.29, 1.82) is 0 Å². The van der Waals surface area contributed by atoms with Crippen molar-refractivity contribution in [2.75, 3.05) is 30.4 Å². The Balaban J connectivity index is 1.54. The zero-order valence-electron chi connectivity index (χ0n) is 18.5. The van der Waals surface area contributed by atoms with Crippen molar-refractivity contribution in [3.63, 3.8) is 0 Å². The summed E-state index contributed by atoms with van der Waals surface area (Å²) in [5.41, 5.74) is 1.89. The van der Waals surface area contributed by atoms with E-state index in [0.717, 1.165) is 23.2 Å². The van der Waals surface area contributed by atoms with Gasteiger partial charge in [-0.1, -0.05) is 0 Å². The molecule has 33 heavy (non-hydrogen) atoms. The predicted molar refractivity (Wildman–Crippen MR) is 126 cm³/mol. The van der Waals surface area contributed by atoms with Crippen LogP contribution in [0.1, 0.15) is 37.0 Å². The molecule has 3 aromatic rings. The van der Waals surface area contributed by atoms with E-state index in [4.69, 9.17) is 4.74 Å². The van der Waals surface area contributed by atoms with Crippen LogP contribution in [0.5, 0.6) is 0 Å². The molecule has 1 atom stereocenters. The van der Waals surface area contributed by atoms with Crippen LogP contribution in [0.3, 0.4) is 0 Å². The molecule has 0 aromatic carbocycles. The minimum atomic E-state index is -1.60. The lowest BCUT2D eigenvalue weighted by Crippen LogP contribution is -2.42. The van der Waals surface area contributed by atoms with E-state index in [-0.39, 0.29) is 12.6 Å². The minimum absolute atomic E-state index is 0.137. The molecular weight excluding hydrogens is 447 g/mol. The Hall–Kier alpha value is -2.89. The number of rotatable bonds is 8. The minimum Gasteiger partial charge on any atom is -0.387 e. The number of aromatic nitrogens is 3. The number of pyridine rings is 2. The van der Waals surface area contributed by atoms with E-state index in [9.17, 15) is 14.3 Å². The number of carbonyl (C=O) groups is 1. The fourth-order valence-corrected chi connectivity index (χ4v) is 4.02. The number of ether oxygens (including phenoxy) is 1. The van der Waals surface area contributed by atoms with Gasteiger partial charge in [0.25, 0.3) is 5.91 Å². The van der Waals surface area contributed by atoms with Crippen molar-refractivity contribution in [3.8, 4) is 0 Å². The summed E-state index contributed by atoms with van der Waals surface area (Å²) in [5.74, 6) is 0.649. The lowest BCUT2D eigenvalue weighted by atomic mass is 10.0. The lowest BCUT2D eigenvalue weighted by Gasteiger charge is -2.26. The number of anilines is 3. The molecule has 1 amide bonds. The predicted octanol–water partition coefficient (Wildman–Crippen LogP) is 3.26. The lowest BCUT2D eigenvalue weighted by molar-refractivity contribution is -0.00177. The second-order valence-corrected chi connectivity index (χ2v) is 9.31. The van der Waals surface area contributed by atoms with Crippen molar-refractivity contribution < 1.29 is 19.0 Å². The number of amides is 1. The number of thiazole rings is 1. The summed E-state index contributed by atoms with van der Waals surface area (Å²) in [5, 5.41) is 18.9. The maximum Gasteiger partial charge on any atom is 0.255 e. The standard InChI is InChI=1S/C22H27FN6O3S/c1-22(2,31)17(23)11-25-20(30)14-10-24-19(9-16(14)27-13-5-7-32-8-6-13)28-18-4-3-15-21(29-18)33-12-26-15/h3-4,9-10,12-13,17,31H,5-8,11H2,1-2H3,(H,25,30)(H2,24,27,28,29). The third kappa shape index (κ3) is 5.92. The summed E-state index contributed by atoms with van der Waals surface area (Å²) in [6.45, 7) is 3.70. The fourth-order valence-electron chi connectivity index (χ4n) is 3.37. The van der Waals surface area contributed by atoms with Gasteiger partial charge in [-0.05, 0) is 38.8 Å². The van der Waals surface area contributed by atoms with Gasteiger partial charge >= 0.3 is 0 Å². The molecule has 1 unspecified atom stereocenters. The number of hydrogen-bond acceptors (Lipinski definition) is 9. The topological polar surface area (TPSA) is 121 Å². The normalized spacial score (nSPS) is 15.9. The summed E-state index contributed by atoms with van der Waals surface area (Å²) >= 11 is 1.45. The first-order chi connectivity index (χ1) is 15.8. The van der Waals surface area contributed by atoms with Crippen LogP contribution in [-0.4, -0.2) is 63.5 Å². The quantitative estimate of drug-likeness (QED) is 0.393. The van der Waals surface area contributed by atoms with Gasteiger partial charge in [-0.2, -0.15) is 0 Å². The first-order valence-electron chi connectivity index (χ1n) is 10.8. The van der Waals surface area contributed by atoms with Gasteiger partial charge in [-0.25, -0.2) is 19.3 Å². The molecule has 11 heteroatoms. The average Bonchev–Trinajstić information content (AvgIpc) is 3.25. The summed E-state index contributed by atoms with van der Waals surface area (Å²) in [7, 11) is 0. The number of nitrogens with zero attached hydrogens (tertiary/aromatic N) is 3. The maximum absolute atomic E-state index is 14.1. The molecule has 0 spiro atoms. The van der Waals surface area contributed by atoms with Crippen LogP contribution in [-0.2, 0) is 4.74 Å². The van der Waals surface area contributed by atoms with Crippen molar-refractivity contribution in [2.24, 2.45) is 0 Å². The van der Waals surface area contributed by atoms with Crippen molar-refractivity contribution in [1.82, 2.24) is 20.3 Å². The Kier molecular flexibility index (Phi) is 7.01. The highest BCUT2D eigenvalue weighted by molar-refractivity contribution is 7.16. The van der Waals surface area contributed by atoms with Gasteiger partial charge in [-0.15, -0.1) is 11.3 Å². The Morgan fingerprint density at radius 2 is 2.09 bits per heavy atom. The van der Waals surface area contributed by atoms with Gasteiger partial charge in [0.15, 0.2) is 0 Å². The fraction of sp³-hybridized carbons (Fsp3) is 0.455. The van der Waals surface area contributed by atoms with Gasteiger partial charge in [0.1, 0.15) is 28.2 Å². The number of nitrogens with one attached hydrogen (secondary N) is 3. The Morgan fingerprint density at radius 1 is 1.30 bits per heavy atom. The molecular formula is C22H27FN6O3S.